The van der Waals surface area contributed by atoms with E-state index in [1.807, 2.05) is 36.4 Å². The van der Waals surface area contributed by atoms with E-state index in [9.17, 15) is 9.59 Å². The van der Waals surface area contributed by atoms with Gasteiger partial charge in [-0.15, -0.1) is 11.3 Å². The molecule has 0 spiro atoms. The van der Waals surface area contributed by atoms with E-state index in [1.165, 1.54) is 11.3 Å². The third-order valence-electron chi connectivity index (χ3n) is 5.16. The molecule has 2 heterocycles. The Labute approximate surface area is 180 Å². The molecule has 0 saturated carbocycles. The molecule has 0 unspecified atom stereocenters. The zero-order chi connectivity index (χ0) is 20.9. The fraction of sp³-hybridized carbons (Fsp3) is 0.455. The second-order valence-electron chi connectivity index (χ2n) is 7.34. The Morgan fingerprint density at radius 2 is 2.10 bits per heavy atom. The molecule has 1 saturated heterocycles. The normalized spacial score (nSPS) is 19.2. The first-order chi connectivity index (χ1) is 14.0. The zero-order valence-corrected chi connectivity index (χ0v) is 18.4. The number of rotatable bonds is 7. The van der Waals surface area contributed by atoms with Gasteiger partial charge in [0, 0.05) is 30.1 Å². The van der Waals surface area contributed by atoms with Gasteiger partial charge in [0.15, 0.2) is 0 Å². The van der Waals surface area contributed by atoms with Crippen molar-refractivity contribution >= 4 is 34.8 Å². The predicted molar refractivity (Wildman–Crippen MR) is 114 cm³/mol. The second-order valence-corrected chi connectivity index (χ2v) is 8.94. The number of halogens is 1. The molecule has 7 heteroatoms. The summed E-state index contributed by atoms with van der Waals surface area (Å²) in [7, 11) is 1.63. The molecule has 1 amide bonds. The van der Waals surface area contributed by atoms with Crippen molar-refractivity contribution < 1.29 is 19.1 Å². The Balaban J connectivity index is 1.84. The van der Waals surface area contributed by atoms with Crippen molar-refractivity contribution in [1.29, 1.82) is 0 Å². The largest absolute Gasteiger partial charge is 0.466 e. The lowest BCUT2D eigenvalue weighted by atomic mass is 9.75. The van der Waals surface area contributed by atoms with E-state index in [-0.39, 0.29) is 11.9 Å². The number of carbonyl (C=O) groups excluding carboxylic acids is 2. The van der Waals surface area contributed by atoms with E-state index < -0.39 is 5.41 Å². The summed E-state index contributed by atoms with van der Waals surface area (Å²) in [6.45, 7) is 3.58. The number of benzene rings is 1. The Bertz CT molecular complexity index is 868. The van der Waals surface area contributed by atoms with Gasteiger partial charge in [-0.25, -0.2) is 0 Å². The maximum absolute atomic E-state index is 13.1. The Morgan fingerprint density at radius 3 is 2.83 bits per heavy atom. The van der Waals surface area contributed by atoms with Gasteiger partial charge in [-0.05, 0) is 56.0 Å². The van der Waals surface area contributed by atoms with E-state index in [1.54, 1.807) is 18.9 Å². The van der Waals surface area contributed by atoms with Crippen LogP contribution in [0.2, 0.25) is 5.02 Å². The lowest BCUT2D eigenvalue weighted by Gasteiger charge is -2.41. The molecule has 0 aliphatic carbocycles. The van der Waals surface area contributed by atoms with Crippen LogP contribution in [0.4, 0.5) is 0 Å². The third kappa shape index (κ3) is 5.18. The van der Waals surface area contributed by atoms with Crippen LogP contribution < -0.4 is 0 Å². The fourth-order valence-electron chi connectivity index (χ4n) is 3.88. The molecule has 156 valence electrons. The molecule has 0 bridgehead atoms. The van der Waals surface area contributed by atoms with Gasteiger partial charge in [0.05, 0.1) is 23.5 Å². The number of hydrogen-bond donors (Lipinski definition) is 0. The molecule has 1 aromatic heterocycles. The molecular formula is C22H26ClNO4S. The maximum atomic E-state index is 13.1. The SMILES string of the molecule is CCOC(=O)[C@@]1(Cc2cccc(Cl)c2)CCCN(C(=O)c2ccc(COC)s2)C1. The van der Waals surface area contributed by atoms with Crippen molar-refractivity contribution in [3.8, 4) is 0 Å². The van der Waals surface area contributed by atoms with E-state index in [0.29, 0.717) is 49.0 Å². The molecule has 3 rings (SSSR count). The van der Waals surface area contributed by atoms with Crippen LogP contribution in [0.3, 0.4) is 0 Å². The molecule has 5 nitrogen and oxygen atoms in total. The van der Waals surface area contributed by atoms with Gasteiger partial charge in [0.25, 0.3) is 5.91 Å². The quantitative estimate of drug-likeness (QED) is 0.597. The van der Waals surface area contributed by atoms with E-state index in [0.717, 1.165) is 16.9 Å². The number of nitrogens with zero attached hydrogens (tertiary/aromatic N) is 1. The van der Waals surface area contributed by atoms with Crippen LogP contribution in [0.1, 0.15) is 39.9 Å². The average Bonchev–Trinajstić information content (AvgIpc) is 3.17. The van der Waals surface area contributed by atoms with Gasteiger partial charge in [-0.1, -0.05) is 23.7 Å². The molecule has 1 aliphatic rings. The van der Waals surface area contributed by atoms with Crippen LogP contribution in [-0.2, 0) is 27.3 Å². The average molecular weight is 436 g/mol. The molecule has 0 radical (unpaired) electrons. The topological polar surface area (TPSA) is 55.8 Å². The van der Waals surface area contributed by atoms with Crippen molar-refractivity contribution in [2.24, 2.45) is 5.41 Å². The summed E-state index contributed by atoms with van der Waals surface area (Å²) in [5.74, 6) is -0.291. The smallest absolute Gasteiger partial charge is 0.314 e. The number of amides is 1. The van der Waals surface area contributed by atoms with Crippen LogP contribution in [-0.4, -0.2) is 43.6 Å². The molecule has 29 heavy (non-hydrogen) atoms. The maximum Gasteiger partial charge on any atom is 0.314 e. The number of methoxy groups -OCH3 is 1. The number of thiophene rings is 1. The lowest BCUT2D eigenvalue weighted by Crippen LogP contribution is -2.51. The Hall–Kier alpha value is -1.89. The van der Waals surface area contributed by atoms with Crippen LogP contribution >= 0.6 is 22.9 Å². The van der Waals surface area contributed by atoms with Gasteiger partial charge in [-0.3, -0.25) is 9.59 Å². The highest BCUT2D eigenvalue weighted by atomic mass is 35.5. The molecule has 1 aliphatic heterocycles. The number of ether oxygens (including phenoxy) is 2. The van der Waals surface area contributed by atoms with Gasteiger partial charge in [0.1, 0.15) is 0 Å². The van der Waals surface area contributed by atoms with Crippen LogP contribution in [0.15, 0.2) is 36.4 Å². The standard InChI is InChI=1S/C22H26ClNO4S/c1-3-28-21(26)22(13-16-6-4-7-17(23)12-16)10-5-11-24(15-22)20(25)19-9-8-18(29-19)14-27-2/h4,6-9,12H,3,5,10-11,13-15H2,1-2H3/t22-/m1/s1. The van der Waals surface area contributed by atoms with Crippen molar-refractivity contribution in [2.45, 2.75) is 32.8 Å². The van der Waals surface area contributed by atoms with E-state index in [2.05, 4.69) is 0 Å². The van der Waals surface area contributed by atoms with Crippen LogP contribution in [0, 0.1) is 5.41 Å². The zero-order valence-electron chi connectivity index (χ0n) is 16.8. The first kappa shape index (κ1) is 21.8. The number of carbonyl (C=O) groups is 2. The predicted octanol–water partition coefficient (Wildman–Crippen LogP) is 4.58. The molecular weight excluding hydrogens is 410 g/mol. The van der Waals surface area contributed by atoms with Gasteiger partial charge in [-0.2, -0.15) is 0 Å². The summed E-state index contributed by atoms with van der Waals surface area (Å²) in [6, 6.07) is 11.3. The number of piperidine rings is 1. The molecule has 1 atom stereocenters. The van der Waals surface area contributed by atoms with Crippen molar-refractivity contribution in [3.05, 3.63) is 56.7 Å². The summed E-state index contributed by atoms with van der Waals surface area (Å²) in [5, 5.41) is 0.634. The first-order valence-electron chi connectivity index (χ1n) is 9.76. The molecule has 0 N–H and O–H groups in total. The Morgan fingerprint density at radius 1 is 1.28 bits per heavy atom. The summed E-state index contributed by atoms with van der Waals surface area (Å²) in [5.41, 5.74) is 0.208. The third-order valence-corrected chi connectivity index (χ3v) is 6.44. The summed E-state index contributed by atoms with van der Waals surface area (Å²) in [6.07, 6.45) is 1.93. The minimum atomic E-state index is -0.763. The van der Waals surface area contributed by atoms with Crippen molar-refractivity contribution in [2.75, 3.05) is 26.8 Å². The summed E-state index contributed by atoms with van der Waals surface area (Å²) < 4.78 is 10.6. The van der Waals surface area contributed by atoms with Gasteiger partial charge < -0.3 is 14.4 Å². The highest BCUT2D eigenvalue weighted by Crippen LogP contribution is 2.37. The van der Waals surface area contributed by atoms with Crippen molar-refractivity contribution in [3.63, 3.8) is 0 Å². The highest BCUT2D eigenvalue weighted by Gasteiger charge is 2.45. The minimum Gasteiger partial charge on any atom is -0.466 e. The van der Waals surface area contributed by atoms with Gasteiger partial charge >= 0.3 is 5.97 Å². The minimum absolute atomic E-state index is 0.0446. The van der Waals surface area contributed by atoms with E-state index in [4.69, 9.17) is 21.1 Å². The lowest BCUT2D eigenvalue weighted by molar-refractivity contribution is -0.158. The molecule has 1 fully saturated rings. The highest BCUT2D eigenvalue weighted by molar-refractivity contribution is 7.14. The first-order valence-corrected chi connectivity index (χ1v) is 11.0. The van der Waals surface area contributed by atoms with Gasteiger partial charge in [0.2, 0.25) is 0 Å². The van der Waals surface area contributed by atoms with Crippen molar-refractivity contribution in [1.82, 2.24) is 4.90 Å². The number of likely N-dealkylation sites (tertiary alicyclic amines) is 1. The summed E-state index contributed by atoms with van der Waals surface area (Å²) in [4.78, 5) is 29.6. The van der Waals surface area contributed by atoms with Crippen LogP contribution in [0.5, 0.6) is 0 Å². The summed E-state index contributed by atoms with van der Waals surface area (Å²) >= 11 is 7.58. The monoisotopic (exact) mass is 435 g/mol. The molecule has 2 aromatic rings. The number of hydrogen-bond acceptors (Lipinski definition) is 5. The van der Waals surface area contributed by atoms with E-state index >= 15 is 0 Å². The second kappa shape index (κ2) is 9.74. The fourth-order valence-corrected chi connectivity index (χ4v) is 5.04. The Kier molecular flexibility index (Phi) is 7.33. The number of esters is 1. The van der Waals surface area contributed by atoms with Crippen LogP contribution in [0.25, 0.3) is 0 Å². The molecule has 1 aromatic carbocycles.